The molecule has 0 saturated carbocycles. The smallest absolute Gasteiger partial charge is 0.417 e. The van der Waals surface area contributed by atoms with Gasteiger partial charge in [0.1, 0.15) is 29.2 Å². The number of hydrogen-bond donors (Lipinski definition) is 2. The van der Waals surface area contributed by atoms with Crippen molar-refractivity contribution in [2.75, 3.05) is 30.9 Å². The maximum absolute atomic E-state index is 13.9. The minimum absolute atomic E-state index is 0.0179. The summed E-state index contributed by atoms with van der Waals surface area (Å²) in [6, 6.07) is 5.92. The molecular weight excluding hydrogens is 594 g/mol. The van der Waals surface area contributed by atoms with Gasteiger partial charge in [-0.1, -0.05) is 17.7 Å². The highest BCUT2D eigenvalue weighted by Crippen LogP contribution is 2.30. The Balaban J connectivity index is 1.73. The number of ether oxygens (including phenoxy) is 2. The van der Waals surface area contributed by atoms with E-state index in [1.807, 2.05) is 0 Å². The molecule has 0 bridgehead atoms. The number of amides is 2. The number of rotatable bonds is 9. The van der Waals surface area contributed by atoms with Gasteiger partial charge in [0.2, 0.25) is 0 Å². The fourth-order valence-electron chi connectivity index (χ4n) is 3.11. The first-order valence-corrected chi connectivity index (χ1v) is 12.1. The highest BCUT2D eigenvalue weighted by atomic mass is 79.9. The van der Waals surface area contributed by atoms with Crippen LogP contribution < -0.4 is 15.5 Å². The number of likely N-dealkylation sites (N-methyl/N-ethyl adjacent to an activating group) is 1. The van der Waals surface area contributed by atoms with Crippen LogP contribution in [-0.4, -0.2) is 53.4 Å². The molecule has 2 N–H and O–H groups in total. The van der Waals surface area contributed by atoms with Gasteiger partial charge in [-0.05, 0) is 48.1 Å². The van der Waals surface area contributed by atoms with Crippen molar-refractivity contribution >= 4 is 57.0 Å². The first-order valence-electron chi connectivity index (χ1n) is 10.9. The molecule has 38 heavy (non-hydrogen) atoms. The average Bonchev–Trinajstić information content (AvgIpc) is 3.18. The lowest BCUT2D eigenvalue weighted by atomic mass is 10.2. The predicted octanol–water partition coefficient (Wildman–Crippen LogP) is 4.28. The lowest BCUT2D eigenvalue weighted by Gasteiger charge is -2.22. The summed E-state index contributed by atoms with van der Waals surface area (Å²) in [7, 11) is 3.01. The van der Waals surface area contributed by atoms with E-state index in [1.54, 1.807) is 19.2 Å². The Morgan fingerprint density at radius 2 is 2.00 bits per heavy atom. The largest absolute Gasteiger partial charge is 0.460 e. The molecule has 0 radical (unpaired) electrons. The van der Waals surface area contributed by atoms with Gasteiger partial charge in [0.05, 0.1) is 16.7 Å². The standard InChI is InChI=1S/C23H22BrClF2N6O5/c1-12(38-23(36)32(3)21-13(5-4-8-29-21)11-37-17(34)10-28-2)33-20(25)18(24)19(31-33)22(35)30-16-7-6-14(26)9-15(16)27/h4-9,12,28H,10-11H2,1-3H3,(H,30,35). The zero-order valence-electron chi connectivity index (χ0n) is 20.3. The second kappa shape index (κ2) is 12.8. The molecule has 1 atom stereocenters. The summed E-state index contributed by atoms with van der Waals surface area (Å²) in [6.45, 7) is 1.35. The third-order valence-corrected chi connectivity index (χ3v) is 6.32. The van der Waals surface area contributed by atoms with E-state index >= 15 is 0 Å². The molecule has 202 valence electrons. The Hall–Kier alpha value is -3.62. The van der Waals surface area contributed by atoms with Gasteiger partial charge in [0.15, 0.2) is 11.9 Å². The maximum atomic E-state index is 13.9. The fourth-order valence-corrected chi connectivity index (χ4v) is 3.82. The van der Waals surface area contributed by atoms with Crippen LogP contribution in [0.2, 0.25) is 5.15 Å². The molecule has 0 aliphatic carbocycles. The van der Waals surface area contributed by atoms with E-state index < -0.39 is 35.8 Å². The molecule has 3 rings (SSSR count). The van der Waals surface area contributed by atoms with E-state index in [4.69, 9.17) is 21.1 Å². The zero-order valence-corrected chi connectivity index (χ0v) is 22.6. The number of benzene rings is 1. The number of nitrogens with one attached hydrogen (secondary N) is 2. The molecule has 1 aromatic carbocycles. The van der Waals surface area contributed by atoms with Gasteiger partial charge in [0, 0.05) is 24.9 Å². The van der Waals surface area contributed by atoms with Crippen LogP contribution in [0.5, 0.6) is 0 Å². The summed E-state index contributed by atoms with van der Waals surface area (Å²) in [5.74, 6) is -2.92. The molecule has 2 amide bonds. The molecule has 2 aromatic heterocycles. The quantitative estimate of drug-likeness (QED) is 0.342. The molecule has 11 nitrogen and oxygen atoms in total. The number of esters is 1. The summed E-state index contributed by atoms with van der Waals surface area (Å²) in [5, 5.41) is 8.96. The van der Waals surface area contributed by atoms with Gasteiger partial charge >= 0.3 is 12.1 Å². The normalized spacial score (nSPS) is 11.6. The van der Waals surface area contributed by atoms with Gasteiger partial charge in [-0.25, -0.2) is 23.2 Å². The Bertz CT molecular complexity index is 1360. The highest BCUT2D eigenvalue weighted by Gasteiger charge is 2.27. The van der Waals surface area contributed by atoms with E-state index in [1.165, 1.54) is 20.2 Å². The van der Waals surface area contributed by atoms with Crippen LogP contribution in [0.3, 0.4) is 0 Å². The number of carbonyl (C=O) groups is 3. The number of carbonyl (C=O) groups excluding carboxylic acids is 3. The van der Waals surface area contributed by atoms with Gasteiger partial charge in [-0.2, -0.15) is 5.10 Å². The monoisotopic (exact) mass is 614 g/mol. The van der Waals surface area contributed by atoms with Gasteiger partial charge in [0.25, 0.3) is 5.91 Å². The second-order valence-corrected chi connectivity index (χ2v) is 8.85. The summed E-state index contributed by atoms with van der Waals surface area (Å²) >= 11 is 9.45. The number of pyridine rings is 1. The van der Waals surface area contributed by atoms with Gasteiger partial charge in [-0.3, -0.25) is 14.5 Å². The van der Waals surface area contributed by atoms with Crippen molar-refractivity contribution in [1.29, 1.82) is 0 Å². The number of nitrogens with zero attached hydrogens (tertiary/aromatic N) is 4. The zero-order chi connectivity index (χ0) is 28.0. The summed E-state index contributed by atoms with van der Waals surface area (Å²) < 4.78 is 38.8. The summed E-state index contributed by atoms with van der Waals surface area (Å²) in [4.78, 5) is 42.5. The molecule has 2 heterocycles. The van der Waals surface area contributed by atoms with E-state index in [-0.39, 0.29) is 40.0 Å². The van der Waals surface area contributed by atoms with Crippen molar-refractivity contribution < 1.29 is 32.6 Å². The molecule has 3 aromatic rings. The lowest BCUT2D eigenvalue weighted by Crippen LogP contribution is -2.31. The minimum Gasteiger partial charge on any atom is -0.460 e. The first kappa shape index (κ1) is 28.9. The number of anilines is 2. The van der Waals surface area contributed by atoms with Crippen LogP contribution in [0.1, 0.15) is 29.2 Å². The second-order valence-electron chi connectivity index (χ2n) is 7.70. The van der Waals surface area contributed by atoms with Crippen molar-refractivity contribution in [3.63, 3.8) is 0 Å². The number of aromatic nitrogens is 3. The van der Waals surface area contributed by atoms with Crippen LogP contribution in [0, 0.1) is 11.6 Å². The van der Waals surface area contributed by atoms with Gasteiger partial charge < -0.3 is 20.1 Å². The molecule has 0 aliphatic heterocycles. The Morgan fingerprint density at radius 3 is 2.68 bits per heavy atom. The van der Waals surface area contributed by atoms with Crippen molar-refractivity contribution in [3.05, 3.63) is 69.0 Å². The Kier molecular flexibility index (Phi) is 9.72. The van der Waals surface area contributed by atoms with Crippen LogP contribution in [-0.2, 0) is 20.9 Å². The van der Waals surface area contributed by atoms with Crippen molar-refractivity contribution in [2.24, 2.45) is 0 Å². The highest BCUT2D eigenvalue weighted by molar-refractivity contribution is 9.10. The van der Waals surface area contributed by atoms with Crippen LogP contribution >= 0.6 is 27.5 Å². The third-order valence-electron chi connectivity index (χ3n) is 4.98. The SMILES string of the molecule is CNCC(=O)OCc1cccnc1N(C)C(=O)OC(C)n1nc(C(=O)Nc2ccc(F)cc2F)c(Br)c1Cl. The van der Waals surface area contributed by atoms with E-state index in [0.717, 1.165) is 21.7 Å². The van der Waals surface area contributed by atoms with Crippen LogP contribution in [0.25, 0.3) is 0 Å². The first-order chi connectivity index (χ1) is 18.0. The Labute approximate surface area is 229 Å². The predicted molar refractivity (Wildman–Crippen MR) is 137 cm³/mol. The molecule has 1 unspecified atom stereocenters. The topological polar surface area (TPSA) is 128 Å². The summed E-state index contributed by atoms with van der Waals surface area (Å²) in [6.07, 6.45) is -0.489. The van der Waals surface area contributed by atoms with E-state index in [0.29, 0.717) is 11.6 Å². The number of halogens is 4. The molecular formula is C23H22BrClF2N6O5. The molecule has 0 fully saturated rings. The van der Waals surface area contributed by atoms with Crippen LogP contribution in [0.15, 0.2) is 41.0 Å². The maximum Gasteiger partial charge on any atom is 0.417 e. The molecule has 0 saturated heterocycles. The lowest BCUT2D eigenvalue weighted by molar-refractivity contribution is -0.143. The van der Waals surface area contributed by atoms with Crippen LogP contribution in [0.4, 0.5) is 25.1 Å². The van der Waals surface area contributed by atoms with Crippen molar-refractivity contribution in [1.82, 2.24) is 20.1 Å². The summed E-state index contributed by atoms with van der Waals surface area (Å²) in [5.41, 5.74) is -0.0424. The van der Waals surface area contributed by atoms with Gasteiger partial charge in [-0.15, -0.1) is 0 Å². The molecule has 0 aliphatic rings. The van der Waals surface area contributed by atoms with Crippen molar-refractivity contribution in [2.45, 2.75) is 19.8 Å². The fraction of sp³-hybridized carbons (Fsp3) is 0.261. The van der Waals surface area contributed by atoms with Crippen molar-refractivity contribution in [3.8, 4) is 0 Å². The molecule has 0 spiro atoms. The van der Waals surface area contributed by atoms with E-state index in [2.05, 4.69) is 36.6 Å². The number of hydrogen-bond acceptors (Lipinski definition) is 8. The molecule has 15 heteroatoms. The average molecular weight is 616 g/mol. The minimum atomic E-state index is -1.10. The van der Waals surface area contributed by atoms with E-state index in [9.17, 15) is 23.2 Å². The third kappa shape index (κ3) is 6.82. The Morgan fingerprint density at radius 1 is 1.26 bits per heavy atom.